The summed E-state index contributed by atoms with van der Waals surface area (Å²) in [5, 5.41) is 2.90. The van der Waals surface area contributed by atoms with Crippen molar-refractivity contribution in [3.05, 3.63) is 57.0 Å². The first kappa shape index (κ1) is 15.3. The van der Waals surface area contributed by atoms with Crippen molar-refractivity contribution in [2.75, 3.05) is 11.1 Å². The highest BCUT2D eigenvalue weighted by atomic mass is 79.9. The van der Waals surface area contributed by atoms with Crippen LogP contribution in [0.2, 0.25) is 5.02 Å². The predicted molar refractivity (Wildman–Crippen MR) is 86.5 cm³/mol. The molecule has 21 heavy (non-hydrogen) atoms. The largest absolute Gasteiger partial charge is 0.398 e. The lowest BCUT2D eigenvalue weighted by molar-refractivity contribution is 0.0996. The van der Waals surface area contributed by atoms with E-state index in [1.165, 1.54) is 18.2 Å². The van der Waals surface area contributed by atoms with Crippen molar-refractivity contribution in [2.24, 2.45) is 5.73 Å². The highest BCUT2D eigenvalue weighted by Crippen LogP contribution is 2.25. The Morgan fingerprint density at radius 1 is 1.14 bits per heavy atom. The molecule has 0 heterocycles. The molecule has 0 aromatic heterocycles. The fourth-order valence-electron chi connectivity index (χ4n) is 1.70. The van der Waals surface area contributed by atoms with Crippen LogP contribution >= 0.6 is 27.5 Å². The molecular weight excluding hydrogens is 358 g/mol. The molecule has 108 valence electrons. The van der Waals surface area contributed by atoms with Crippen LogP contribution in [0.1, 0.15) is 20.7 Å². The molecule has 0 saturated carbocycles. The molecule has 2 aromatic rings. The van der Waals surface area contributed by atoms with Crippen molar-refractivity contribution in [1.82, 2.24) is 0 Å². The van der Waals surface area contributed by atoms with E-state index in [2.05, 4.69) is 21.2 Å². The summed E-state index contributed by atoms with van der Waals surface area (Å²) in [6.07, 6.45) is 0. The summed E-state index contributed by atoms with van der Waals surface area (Å²) in [6.45, 7) is 0. The van der Waals surface area contributed by atoms with E-state index in [0.29, 0.717) is 22.0 Å². The zero-order valence-electron chi connectivity index (χ0n) is 10.7. The maximum absolute atomic E-state index is 12.2. The number of anilines is 2. The standard InChI is InChI=1S/C14H11BrClN3O2/c15-8-2-3-9(11(17)6-8)14(21)19-12-5-7(13(18)20)1-4-10(12)16/h1-6H,17H2,(H2,18,20)(H,19,21). The van der Waals surface area contributed by atoms with Gasteiger partial charge in [-0.1, -0.05) is 27.5 Å². The zero-order chi connectivity index (χ0) is 15.6. The van der Waals surface area contributed by atoms with Gasteiger partial charge in [-0.15, -0.1) is 0 Å². The van der Waals surface area contributed by atoms with Crippen LogP contribution in [0.5, 0.6) is 0 Å². The van der Waals surface area contributed by atoms with Gasteiger partial charge >= 0.3 is 0 Å². The van der Waals surface area contributed by atoms with Crippen LogP contribution in [0, 0.1) is 0 Å². The first-order valence-electron chi connectivity index (χ1n) is 5.84. The summed E-state index contributed by atoms with van der Waals surface area (Å²) in [5.41, 5.74) is 12.2. The SMILES string of the molecule is NC(=O)c1ccc(Cl)c(NC(=O)c2ccc(Br)cc2N)c1. The number of nitrogens with two attached hydrogens (primary N) is 2. The van der Waals surface area contributed by atoms with E-state index in [0.717, 1.165) is 4.47 Å². The molecule has 0 spiro atoms. The molecule has 0 saturated heterocycles. The number of rotatable bonds is 3. The molecule has 0 aliphatic carbocycles. The van der Waals surface area contributed by atoms with Crippen LogP contribution in [0.3, 0.4) is 0 Å². The minimum atomic E-state index is -0.606. The van der Waals surface area contributed by atoms with E-state index < -0.39 is 11.8 Å². The average Bonchev–Trinajstić information content (AvgIpc) is 2.40. The second-order valence-electron chi connectivity index (χ2n) is 4.24. The van der Waals surface area contributed by atoms with E-state index in [4.69, 9.17) is 23.1 Å². The Bertz CT molecular complexity index is 734. The van der Waals surface area contributed by atoms with Crippen molar-refractivity contribution in [2.45, 2.75) is 0 Å². The molecule has 2 amide bonds. The van der Waals surface area contributed by atoms with Gasteiger partial charge in [-0.2, -0.15) is 0 Å². The molecule has 0 aliphatic rings. The Labute approximate surface area is 134 Å². The fourth-order valence-corrected chi connectivity index (χ4v) is 2.25. The minimum absolute atomic E-state index is 0.249. The van der Waals surface area contributed by atoms with Gasteiger partial charge in [0.2, 0.25) is 5.91 Å². The third kappa shape index (κ3) is 3.53. The van der Waals surface area contributed by atoms with E-state index in [9.17, 15) is 9.59 Å². The maximum atomic E-state index is 12.2. The van der Waals surface area contributed by atoms with Crippen LogP contribution in [-0.4, -0.2) is 11.8 Å². The third-order valence-corrected chi connectivity index (χ3v) is 3.58. The van der Waals surface area contributed by atoms with Gasteiger partial charge in [0.25, 0.3) is 5.91 Å². The lowest BCUT2D eigenvalue weighted by atomic mass is 10.1. The van der Waals surface area contributed by atoms with Gasteiger partial charge in [-0.25, -0.2) is 0 Å². The van der Waals surface area contributed by atoms with Gasteiger partial charge < -0.3 is 16.8 Å². The van der Waals surface area contributed by atoms with Crippen molar-refractivity contribution < 1.29 is 9.59 Å². The molecule has 7 heteroatoms. The van der Waals surface area contributed by atoms with E-state index in [1.807, 2.05) is 0 Å². The number of carbonyl (C=O) groups excluding carboxylic acids is 2. The van der Waals surface area contributed by atoms with E-state index in [-0.39, 0.29) is 5.56 Å². The summed E-state index contributed by atoms with van der Waals surface area (Å²) in [4.78, 5) is 23.4. The van der Waals surface area contributed by atoms with Crippen molar-refractivity contribution in [1.29, 1.82) is 0 Å². The molecular formula is C14H11BrClN3O2. The number of hydrogen-bond acceptors (Lipinski definition) is 3. The molecule has 0 fully saturated rings. The predicted octanol–water partition coefficient (Wildman–Crippen LogP) is 3.04. The second-order valence-corrected chi connectivity index (χ2v) is 5.57. The Balaban J connectivity index is 2.31. The number of hydrogen-bond donors (Lipinski definition) is 3. The fraction of sp³-hybridized carbons (Fsp3) is 0. The summed E-state index contributed by atoms with van der Waals surface area (Å²) in [7, 11) is 0. The summed E-state index contributed by atoms with van der Waals surface area (Å²) >= 11 is 9.26. The Morgan fingerprint density at radius 3 is 2.48 bits per heavy atom. The Kier molecular flexibility index (Phi) is 4.50. The molecule has 0 bridgehead atoms. The Hall–Kier alpha value is -2.05. The molecule has 5 nitrogen and oxygen atoms in total. The number of carbonyl (C=O) groups is 2. The Morgan fingerprint density at radius 2 is 1.86 bits per heavy atom. The molecule has 0 aliphatic heterocycles. The monoisotopic (exact) mass is 367 g/mol. The van der Waals surface area contributed by atoms with Gasteiger partial charge in [0, 0.05) is 15.7 Å². The quantitative estimate of drug-likeness (QED) is 0.726. The van der Waals surface area contributed by atoms with Crippen LogP contribution in [0.25, 0.3) is 0 Å². The maximum Gasteiger partial charge on any atom is 0.257 e. The van der Waals surface area contributed by atoms with Crippen LogP contribution in [-0.2, 0) is 0 Å². The first-order chi connectivity index (χ1) is 9.88. The highest BCUT2D eigenvalue weighted by molar-refractivity contribution is 9.10. The average molecular weight is 369 g/mol. The van der Waals surface area contributed by atoms with Gasteiger partial charge in [-0.3, -0.25) is 9.59 Å². The summed E-state index contributed by atoms with van der Waals surface area (Å²) in [5.74, 6) is -1.03. The summed E-state index contributed by atoms with van der Waals surface area (Å²) < 4.78 is 0.769. The van der Waals surface area contributed by atoms with Crippen molar-refractivity contribution in [3.8, 4) is 0 Å². The smallest absolute Gasteiger partial charge is 0.257 e. The van der Waals surface area contributed by atoms with Crippen molar-refractivity contribution >= 4 is 50.7 Å². The van der Waals surface area contributed by atoms with E-state index in [1.54, 1.807) is 18.2 Å². The first-order valence-corrected chi connectivity index (χ1v) is 7.01. The number of nitrogen functional groups attached to an aromatic ring is 1. The van der Waals surface area contributed by atoms with E-state index >= 15 is 0 Å². The van der Waals surface area contributed by atoms with Gasteiger partial charge in [0.1, 0.15) is 0 Å². The molecule has 0 radical (unpaired) electrons. The lowest BCUT2D eigenvalue weighted by Crippen LogP contribution is -2.16. The number of nitrogens with one attached hydrogen (secondary N) is 1. The topological polar surface area (TPSA) is 98.2 Å². The minimum Gasteiger partial charge on any atom is -0.398 e. The van der Waals surface area contributed by atoms with Gasteiger partial charge in [0.05, 0.1) is 16.3 Å². The molecule has 2 aromatic carbocycles. The van der Waals surface area contributed by atoms with Crippen molar-refractivity contribution in [3.63, 3.8) is 0 Å². The van der Waals surface area contributed by atoms with Crippen LogP contribution < -0.4 is 16.8 Å². The molecule has 2 rings (SSSR count). The normalized spacial score (nSPS) is 10.2. The molecule has 0 unspecified atom stereocenters. The van der Waals surface area contributed by atoms with Crippen LogP contribution in [0.4, 0.5) is 11.4 Å². The third-order valence-electron chi connectivity index (χ3n) is 2.76. The molecule has 0 atom stereocenters. The number of benzene rings is 2. The lowest BCUT2D eigenvalue weighted by Gasteiger charge is -2.10. The zero-order valence-corrected chi connectivity index (χ0v) is 13.0. The number of primary amides is 1. The second kappa shape index (κ2) is 6.15. The summed E-state index contributed by atoms with van der Waals surface area (Å²) in [6, 6.07) is 9.29. The highest BCUT2D eigenvalue weighted by Gasteiger charge is 2.13. The van der Waals surface area contributed by atoms with Gasteiger partial charge in [0.15, 0.2) is 0 Å². The van der Waals surface area contributed by atoms with Gasteiger partial charge in [-0.05, 0) is 36.4 Å². The number of halogens is 2. The number of amides is 2. The van der Waals surface area contributed by atoms with Crippen LogP contribution in [0.15, 0.2) is 40.9 Å². The molecule has 5 N–H and O–H groups in total.